The molecule has 2 N–H and O–H groups in total. The van der Waals surface area contributed by atoms with Gasteiger partial charge in [-0.3, -0.25) is 4.79 Å². The van der Waals surface area contributed by atoms with Crippen LogP contribution in [0.3, 0.4) is 0 Å². The quantitative estimate of drug-likeness (QED) is 0.694. The molecule has 4 nitrogen and oxygen atoms in total. The summed E-state index contributed by atoms with van der Waals surface area (Å²) in [4.78, 5) is 13.4. The summed E-state index contributed by atoms with van der Waals surface area (Å²) in [7, 11) is 3.83. The summed E-state index contributed by atoms with van der Waals surface area (Å²) < 4.78 is 0. The van der Waals surface area contributed by atoms with Gasteiger partial charge in [0.2, 0.25) is 5.91 Å². The Balaban J connectivity index is 2.26. The molecule has 15 heavy (non-hydrogen) atoms. The number of likely N-dealkylation sites (tertiary alicyclic amines) is 1. The van der Waals surface area contributed by atoms with Gasteiger partial charge in [0.15, 0.2) is 0 Å². The Kier molecular flexibility index (Phi) is 5.05. The highest BCUT2D eigenvalue weighted by molar-refractivity contribution is 5.77. The van der Waals surface area contributed by atoms with Crippen molar-refractivity contribution in [2.75, 3.05) is 33.7 Å². The lowest BCUT2D eigenvalue weighted by Gasteiger charge is -2.33. The Morgan fingerprint density at radius 1 is 1.60 bits per heavy atom. The summed E-state index contributed by atoms with van der Waals surface area (Å²) in [6.07, 6.45) is 2.54. The zero-order valence-electron chi connectivity index (χ0n) is 10.0. The van der Waals surface area contributed by atoms with Gasteiger partial charge in [-0.15, -0.1) is 0 Å². The number of amides is 1. The number of nitrogens with one attached hydrogen (secondary N) is 2. The van der Waals surface area contributed by atoms with E-state index in [-0.39, 0.29) is 5.91 Å². The van der Waals surface area contributed by atoms with E-state index >= 15 is 0 Å². The standard InChI is InChI=1S/C11H23N3O/c1-9(13-7-11(15)12-2)10-5-4-6-14(3)8-10/h9-10,13H,4-8H2,1-3H3,(H,12,15). The van der Waals surface area contributed by atoms with Gasteiger partial charge in [0.05, 0.1) is 6.54 Å². The molecular weight excluding hydrogens is 190 g/mol. The lowest BCUT2D eigenvalue weighted by molar-refractivity contribution is -0.119. The topological polar surface area (TPSA) is 44.4 Å². The van der Waals surface area contributed by atoms with Crippen molar-refractivity contribution in [3.63, 3.8) is 0 Å². The first-order chi connectivity index (χ1) is 7.13. The van der Waals surface area contributed by atoms with E-state index in [2.05, 4.69) is 29.5 Å². The van der Waals surface area contributed by atoms with Crippen LogP contribution >= 0.6 is 0 Å². The number of carbonyl (C=O) groups is 1. The number of piperidine rings is 1. The largest absolute Gasteiger partial charge is 0.358 e. The molecule has 2 unspecified atom stereocenters. The van der Waals surface area contributed by atoms with Crippen LogP contribution in [0.2, 0.25) is 0 Å². The predicted molar refractivity (Wildman–Crippen MR) is 61.8 cm³/mol. The fraction of sp³-hybridized carbons (Fsp3) is 0.909. The molecule has 0 spiro atoms. The Labute approximate surface area is 92.4 Å². The maximum absolute atomic E-state index is 11.1. The first-order valence-corrected chi connectivity index (χ1v) is 5.76. The highest BCUT2D eigenvalue weighted by Gasteiger charge is 2.22. The van der Waals surface area contributed by atoms with Gasteiger partial charge in [-0.05, 0) is 39.3 Å². The van der Waals surface area contributed by atoms with Crippen LogP contribution in [0.5, 0.6) is 0 Å². The second-order valence-corrected chi connectivity index (χ2v) is 4.51. The third-order valence-electron chi connectivity index (χ3n) is 3.23. The van der Waals surface area contributed by atoms with Gasteiger partial charge in [-0.25, -0.2) is 0 Å². The van der Waals surface area contributed by atoms with Crippen LogP contribution in [-0.2, 0) is 4.79 Å². The van der Waals surface area contributed by atoms with Crippen LogP contribution in [0.25, 0.3) is 0 Å². The van der Waals surface area contributed by atoms with E-state index in [0.717, 1.165) is 6.54 Å². The van der Waals surface area contributed by atoms with Crippen LogP contribution in [0.15, 0.2) is 0 Å². The summed E-state index contributed by atoms with van der Waals surface area (Å²) >= 11 is 0. The van der Waals surface area contributed by atoms with Crippen molar-refractivity contribution in [1.82, 2.24) is 15.5 Å². The second-order valence-electron chi connectivity index (χ2n) is 4.51. The number of carbonyl (C=O) groups excluding carboxylic acids is 1. The molecule has 1 rings (SSSR count). The maximum atomic E-state index is 11.1. The van der Waals surface area contributed by atoms with E-state index in [9.17, 15) is 4.79 Å². The lowest BCUT2D eigenvalue weighted by atomic mass is 9.92. The van der Waals surface area contributed by atoms with Crippen LogP contribution in [0, 0.1) is 5.92 Å². The summed E-state index contributed by atoms with van der Waals surface area (Å²) in [5.74, 6) is 0.736. The maximum Gasteiger partial charge on any atom is 0.233 e. The molecule has 0 bridgehead atoms. The summed E-state index contributed by atoms with van der Waals surface area (Å²) in [5, 5.41) is 5.91. The summed E-state index contributed by atoms with van der Waals surface area (Å²) in [6.45, 7) is 4.95. The van der Waals surface area contributed by atoms with Gasteiger partial charge >= 0.3 is 0 Å². The molecular formula is C11H23N3O. The fourth-order valence-corrected chi connectivity index (χ4v) is 2.12. The average Bonchev–Trinajstić information content (AvgIpc) is 2.25. The number of likely N-dealkylation sites (N-methyl/N-ethyl adjacent to an activating group) is 1. The minimum absolute atomic E-state index is 0.0611. The zero-order valence-corrected chi connectivity index (χ0v) is 10.0. The van der Waals surface area contributed by atoms with E-state index in [4.69, 9.17) is 0 Å². The van der Waals surface area contributed by atoms with Crippen LogP contribution < -0.4 is 10.6 Å². The van der Waals surface area contributed by atoms with Crippen LogP contribution in [-0.4, -0.2) is 50.6 Å². The molecule has 1 fully saturated rings. The number of hydrogen-bond donors (Lipinski definition) is 2. The molecule has 1 aliphatic rings. The first kappa shape index (κ1) is 12.5. The van der Waals surface area contributed by atoms with Crippen LogP contribution in [0.4, 0.5) is 0 Å². The minimum Gasteiger partial charge on any atom is -0.358 e. The lowest BCUT2D eigenvalue weighted by Crippen LogP contribution is -2.45. The van der Waals surface area contributed by atoms with E-state index in [1.54, 1.807) is 7.05 Å². The fourth-order valence-electron chi connectivity index (χ4n) is 2.12. The molecule has 0 radical (unpaired) electrons. The van der Waals surface area contributed by atoms with Gasteiger partial charge in [0.1, 0.15) is 0 Å². The molecule has 0 aromatic rings. The number of nitrogens with zero attached hydrogens (tertiary/aromatic N) is 1. The van der Waals surface area contributed by atoms with Crippen LogP contribution in [0.1, 0.15) is 19.8 Å². The second kappa shape index (κ2) is 6.08. The molecule has 1 aliphatic heterocycles. The molecule has 0 aliphatic carbocycles. The molecule has 1 heterocycles. The predicted octanol–water partition coefficient (Wildman–Crippen LogP) is 0.0523. The minimum atomic E-state index is 0.0611. The Hall–Kier alpha value is -0.610. The Morgan fingerprint density at radius 3 is 2.93 bits per heavy atom. The Morgan fingerprint density at radius 2 is 2.33 bits per heavy atom. The van der Waals surface area contributed by atoms with E-state index in [1.165, 1.54) is 19.4 Å². The third-order valence-corrected chi connectivity index (χ3v) is 3.23. The van der Waals surface area contributed by atoms with Gasteiger partial charge in [-0.2, -0.15) is 0 Å². The van der Waals surface area contributed by atoms with Crippen molar-refractivity contribution in [2.45, 2.75) is 25.8 Å². The first-order valence-electron chi connectivity index (χ1n) is 5.76. The van der Waals surface area contributed by atoms with E-state index in [1.807, 2.05) is 0 Å². The molecule has 88 valence electrons. The van der Waals surface area contributed by atoms with Crippen molar-refractivity contribution in [2.24, 2.45) is 5.92 Å². The zero-order chi connectivity index (χ0) is 11.3. The summed E-state index contributed by atoms with van der Waals surface area (Å²) in [6, 6.07) is 0.421. The molecule has 2 atom stereocenters. The molecule has 1 amide bonds. The third kappa shape index (κ3) is 4.18. The SMILES string of the molecule is CNC(=O)CNC(C)C1CCCN(C)C1. The normalized spacial score (nSPS) is 24.9. The highest BCUT2D eigenvalue weighted by Crippen LogP contribution is 2.18. The van der Waals surface area contributed by atoms with Gasteiger partial charge in [-0.1, -0.05) is 0 Å². The van der Waals surface area contributed by atoms with Gasteiger partial charge < -0.3 is 15.5 Å². The molecule has 0 aromatic heterocycles. The average molecular weight is 213 g/mol. The molecule has 0 saturated carbocycles. The molecule has 4 heteroatoms. The number of rotatable bonds is 4. The van der Waals surface area contributed by atoms with Crippen molar-refractivity contribution in [3.8, 4) is 0 Å². The Bertz CT molecular complexity index is 208. The monoisotopic (exact) mass is 213 g/mol. The number of hydrogen-bond acceptors (Lipinski definition) is 3. The van der Waals surface area contributed by atoms with Gasteiger partial charge in [0.25, 0.3) is 0 Å². The van der Waals surface area contributed by atoms with Crippen molar-refractivity contribution >= 4 is 5.91 Å². The highest BCUT2D eigenvalue weighted by atomic mass is 16.1. The van der Waals surface area contributed by atoms with Crippen molar-refractivity contribution in [1.29, 1.82) is 0 Å². The van der Waals surface area contributed by atoms with E-state index in [0.29, 0.717) is 18.5 Å². The molecule has 1 saturated heterocycles. The summed E-state index contributed by atoms with van der Waals surface area (Å²) in [5.41, 5.74) is 0. The van der Waals surface area contributed by atoms with E-state index < -0.39 is 0 Å². The molecule has 0 aromatic carbocycles. The van der Waals surface area contributed by atoms with Crippen molar-refractivity contribution < 1.29 is 4.79 Å². The van der Waals surface area contributed by atoms with Crippen molar-refractivity contribution in [3.05, 3.63) is 0 Å². The van der Waals surface area contributed by atoms with Gasteiger partial charge in [0, 0.05) is 19.6 Å². The smallest absolute Gasteiger partial charge is 0.233 e.